The molecule has 92 valence electrons. The number of rotatable bonds is 1. The van der Waals surface area contributed by atoms with Gasteiger partial charge in [0, 0.05) is 19.0 Å². The molecule has 1 aromatic rings. The standard InChI is InChI=1S/C13H17ClN2O/c14-11-3-1-2-9-10(6-16-13(9)11)8-4-5-15-7-12(8)17/h1-3,8,10,12,15-17H,4-7H2. The molecule has 2 aliphatic rings. The van der Waals surface area contributed by atoms with E-state index in [2.05, 4.69) is 16.7 Å². The number of nitrogens with one attached hydrogen (secondary N) is 2. The maximum Gasteiger partial charge on any atom is 0.0699 e. The van der Waals surface area contributed by atoms with Crippen molar-refractivity contribution in [3.8, 4) is 0 Å². The predicted molar refractivity (Wildman–Crippen MR) is 69.7 cm³/mol. The Hall–Kier alpha value is -0.770. The molecule has 4 heteroatoms. The van der Waals surface area contributed by atoms with Crippen LogP contribution in [0.5, 0.6) is 0 Å². The maximum atomic E-state index is 10.1. The third-order valence-electron chi connectivity index (χ3n) is 3.96. The van der Waals surface area contributed by atoms with Crippen LogP contribution in [0.1, 0.15) is 17.9 Å². The summed E-state index contributed by atoms with van der Waals surface area (Å²) in [4.78, 5) is 0. The molecule has 1 fully saturated rings. The van der Waals surface area contributed by atoms with Gasteiger partial charge in [0.25, 0.3) is 0 Å². The largest absolute Gasteiger partial charge is 0.391 e. The number of benzene rings is 1. The average Bonchev–Trinajstić information content (AvgIpc) is 2.75. The van der Waals surface area contributed by atoms with Crippen LogP contribution in [0.15, 0.2) is 18.2 Å². The Balaban J connectivity index is 1.90. The van der Waals surface area contributed by atoms with Gasteiger partial charge in [-0.05, 0) is 30.5 Å². The van der Waals surface area contributed by atoms with Crippen molar-refractivity contribution in [1.29, 1.82) is 0 Å². The van der Waals surface area contributed by atoms with Crippen LogP contribution in [-0.2, 0) is 0 Å². The lowest BCUT2D eigenvalue weighted by Gasteiger charge is -2.32. The summed E-state index contributed by atoms with van der Waals surface area (Å²) < 4.78 is 0. The Morgan fingerprint density at radius 2 is 2.18 bits per heavy atom. The maximum absolute atomic E-state index is 10.1. The Morgan fingerprint density at radius 1 is 1.29 bits per heavy atom. The fourth-order valence-corrected chi connectivity index (χ4v) is 3.32. The van der Waals surface area contributed by atoms with Gasteiger partial charge in [-0.15, -0.1) is 0 Å². The highest BCUT2D eigenvalue weighted by Crippen LogP contribution is 2.42. The number of anilines is 1. The lowest BCUT2D eigenvalue weighted by molar-refractivity contribution is 0.0697. The highest BCUT2D eigenvalue weighted by atomic mass is 35.5. The van der Waals surface area contributed by atoms with Crippen molar-refractivity contribution >= 4 is 17.3 Å². The molecule has 0 bridgehead atoms. The van der Waals surface area contributed by atoms with E-state index in [1.54, 1.807) is 0 Å². The molecule has 0 aliphatic carbocycles. The van der Waals surface area contributed by atoms with Gasteiger partial charge in [-0.2, -0.15) is 0 Å². The number of para-hydroxylation sites is 1. The molecule has 17 heavy (non-hydrogen) atoms. The quantitative estimate of drug-likeness (QED) is 0.715. The second-order valence-electron chi connectivity index (χ2n) is 4.92. The van der Waals surface area contributed by atoms with Gasteiger partial charge in [0.2, 0.25) is 0 Å². The molecule has 3 unspecified atom stereocenters. The highest BCUT2D eigenvalue weighted by Gasteiger charge is 2.35. The Bertz CT molecular complexity index is 424. The van der Waals surface area contributed by atoms with Gasteiger partial charge in [-0.3, -0.25) is 0 Å². The van der Waals surface area contributed by atoms with Gasteiger partial charge in [0.15, 0.2) is 0 Å². The topological polar surface area (TPSA) is 44.3 Å². The molecule has 3 N–H and O–H groups in total. The van der Waals surface area contributed by atoms with Crippen LogP contribution in [-0.4, -0.2) is 30.8 Å². The van der Waals surface area contributed by atoms with Crippen LogP contribution in [0.2, 0.25) is 5.02 Å². The van der Waals surface area contributed by atoms with E-state index >= 15 is 0 Å². The summed E-state index contributed by atoms with van der Waals surface area (Å²) in [6, 6.07) is 6.03. The molecule has 3 nitrogen and oxygen atoms in total. The van der Waals surface area contributed by atoms with E-state index < -0.39 is 0 Å². The van der Waals surface area contributed by atoms with Crippen LogP contribution in [0, 0.1) is 5.92 Å². The van der Waals surface area contributed by atoms with Crippen molar-refractivity contribution in [2.75, 3.05) is 25.0 Å². The van der Waals surface area contributed by atoms with E-state index in [4.69, 9.17) is 11.6 Å². The second kappa shape index (κ2) is 4.48. The van der Waals surface area contributed by atoms with E-state index in [0.717, 1.165) is 30.2 Å². The third-order valence-corrected chi connectivity index (χ3v) is 4.28. The van der Waals surface area contributed by atoms with Gasteiger partial charge in [-0.1, -0.05) is 23.7 Å². The number of aliphatic hydroxyl groups is 1. The summed E-state index contributed by atoms with van der Waals surface area (Å²) in [7, 11) is 0. The van der Waals surface area contributed by atoms with Crippen LogP contribution >= 0.6 is 11.6 Å². The number of halogens is 1. The second-order valence-corrected chi connectivity index (χ2v) is 5.32. The van der Waals surface area contributed by atoms with Crippen molar-refractivity contribution < 1.29 is 5.11 Å². The Morgan fingerprint density at radius 3 is 3.00 bits per heavy atom. The van der Waals surface area contributed by atoms with E-state index in [1.165, 1.54) is 5.56 Å². The summed E-state index contributed by atoms with van der Waals surface area (Å²) in [5.41, 5.74) is 2.33. The number of piperidine rings is 1. The molecule has 0 radical (unpaired) electrons. The highest BCUT2D eigenvalue weighted by molar-refractivity contribution is 6.33. The number of fused-ring (bicyclic) bond motifs is 1. The zero-order valence-corrected chi connectivity index (χ0v) is 10.4. The molecule has 2 aliphatic heterocycles. The average molecular weight is 253 g/mol. The first kappa shape index (κ1) is 11.3. The summed E-state index contributed by atoms with van der Waals surface area (Å²) in [5.74, 6) is 0.726. The van der Waals surface area contributed by atoms with Gasteiger partial charge >= 0.3 is 0 Å². The normalized spacial score (nSPS) is 32.0. The minimum absolute atomic E-state index is 0.250. The third kappa shape index (κ3) is 1.92. The number of hydrogen-bond donors (Lipinski definition) is 3. The van der Waals surface area contributed by atoms with Crippen molar-refractivity contribution in [1.82, 2.24) is 5.32 Å². The van der Waals surface area contributed by atoms with Crippen LogP contribution in [0.25, 0.3) is 0 Å². The van der Waals surface area contributed by atoms with Gasteiger partial charge < -0.3 is 15.7 Å². The van der Waals surface area contributed by atoms with E-state index in [9.17, 15) is 5.11 Å². The minimum Gasteiger partial charge on any atom is -0.391 e. The van der Waals surface area contributed by atoms with E-state index in [-0.39, 0.29) is 6.10 Å². The summed E-state index contributed by atoms with van der Waals surface area (Å²) in [6.45, 7) is 2.59. The van der Waals surface area contributed by atoms with Gasteiger partial charge in [-0.25, -0.2) is 0 Å². The van der Waals surface area contributed by atoms with Crippen LogP contribution < -0.4 is 10.6 Å². The molecule has 2 heterocycles. The predicted octanol–water partition coefficient (Wildman–Crippen LogP) is 1.82. The van der Waals surface area contributed by atoms with E-state index in [0.29, 0.717) is 18.4 Å². The zero-order valence-electron chi connectivity index (χ0n) is 9.62. The van der Waals surface area contributed by atoms with E-state index in [1.807, 2.05) is 12.1 Å². The molecular weight excluding hydrogens is 236 g/mol. The smallest absolute Gasteiger partial charge is 0.0699 e. The fourth-order valence-electron chi connectivity index (χ4n) is 3.07. The molecule has 0 amide bonds. The Kier molecular flexibility index (Phi) is 2.99. The van der Waals surface area contributed by atoms with Crippen molar-refractivity contribution in [3.05, 3.63) is 28.8 Å². The number of hydrogen-bond acceptors (Lipinski definition) is 3. The lowest BCUT2D eigenvalue weighted by Crippen LogP contribution is -2.43. The molecule has 3 rings (SSSR count). The van der Waals surface area contributed by atoms with Crippen molar-refractivity contribution in [2.45, 2.75) is 18.4 Å². The number of aliphatic hydroxyl groups excluding tert-OH is 1. The zero-order chi connectivity index (χ0) is 11.8. The summed E-state index contributed by atoms with van der Waals surface area (Å²) in [5, 5.41) is 17.5. The number of β-amino-alcohol motifs (C(OH)–C–C–N with tert-alkyl or cyclic N) is 1. The summed E-state index contributed by atoms with van der Waals surface area (Å²) in [6.07, 6.45) is 0.778. The SMILES string of the molecule is OC1CNCCC1C1CNc2c(Cl)cccc21. The van der Waals surface area contributed by atoms with Crippen LogP contribution in [0.3, 0.4) is 0 Å². The van der Waals surface area contributed by atoms with Crippen molar-refractivity contribution in [3.63, 3.8) is 0 Å². The van der Waals surface area contributed by atoms with Gasteiger partial charge in [0.1, 0.15) is 0 Å². The van der Waals surface area contributed by atoms with Crippen LogP contribution in [0.4, 0.5) is 5.69 Å². The first-order valence-electron chi connectivity index (χ1n) is 6.18. The molecular formula is C13H17ClN2O. The fraction of sp³-hybridized carbons (Fsp3) is 0.538. The monoisotopic (exact) mass is 252 g/mol. The molecule has 1 saturated heterocycles. The molecule has 0 saturated carbocycles. The lowest BCUT2D eigenvalue weighted by atomic mass is 9.80. The first-order chi connectivity index (χ1) is 8.27. The molecule has 1 aromatic carbocycles. The molecule has 0 aromatic heterocycles. The summed E-state index contributed by atoms with van der Waals surface area (Å²) >= 11 is 6.17. The first-order valence-corrected chi connectivity index (χ1v) is 6.56. The molecule has 3 atom stereocenters. The minimum atomic E-state index is -0.250. The van der Waals surface area contributed by atoms with Gasteiger partial charge in [0.05, 0.1) is 16.8 Å². The van der Waals surface area contributed by atoms with Crippen molar-refractivity contribution in [2.24, 2.45) is 5.92 Å². The Labute approximate surface area is 106 Å². The molecule has 0 spiro atoms.